The minimum atomic E-state index is -1.55. The molecule has 4 rings (SSSR count). The summed E-state index contributed by atoms with van der Waals surface area (Å²) in [5.41, 5.74) is 1.38. The van der Waals surface area contributed by atoms with Gasteiger partial charge in [-0.3, -0.25) is 0 Å². The molecule has 162 valence electrons. The second kappa shape index (κ2) is 8.11. The van der Waals surface area contributed by atoms with Crippen molar-refractivity contribution < 1.29 is 29.5 Å². The molecule has 0 saturated carbocycles. The molecule has 0 aromatic heterocycles. The molecular formula is C23H27ClO6. The molecule has 0 spiro atoms. The molecule has 3 N–H and O–H groups in total. The van der Waals surface area contributed by atoms with Crippen molar-refractivity contribution in [1.29, 1.82) is 0 Å². The second-order valence-corrected chi connectivity index (χ2v) is 8.47. The van der Waals surface area contributed by atoms with E-state index in [2.05, 4.69) is 0 Å². The van der Waals surface area contributed by atoms with E-state index in [0.717, 1.165) is 16.9 Å². The standard InChI is InChI=1S/C23H27ClO6/c1-3-28-18-7-4-15(5-8-18)10-16-11-17(6-9-19(16)24)23-21(27)20(26)14(2)22(12-25,30-23)13-29-23/h4-9,11,14,20-21,25-27H,3,10,12-13H2,1-2H3/t14-,20-,21-,22-,23-/m0/s1. The van der Waals surface area contributed by atoms with Crippen molar-refractivity contribution in [2.24, 2.45) is 5.92 Å². The Morgan fingerprint density at radius 3 is 2.57 bits per heavy atom. The van der Waals surface area contributed by atoms with Crippen LogP contribution in [0.25, 0.3) is 0 Å². The number of hydrogen-bond donors (Lipinski definition) is 3. The topological polar surface area (TPSA) is 88.4 Å². The van der Waals surface area contributed by atoms with Gasteiger partial charge in [-0.1, -0.05) is 36.7 Å². The van der Waals surface area contributed by atoms with E-state index >= 15 is 0 Å². The monoisotopic (exact) mass is 434 g/mol. The molecule has 5 atom stereocenters. The number of rotatable bonds is 6. The van der Waals surface area contributed by atoms with Gasteiger partial charge in [0.25, 0.3) is 0 Å². The van der Waals surface area contributed by atoms with Crippen molar-refractivity contribution >= 4 is 11.6 Å². The lowest BCUT2D eigenvalue weighted by molar-refractivity contribution is -0.318. The fraction of sp³-hybridized carbons (Fsp3) is 0.478. The third kappa shape index (κ3) is 3.42. The van der Waals surface area contributed by atoms with Gasteiger partial charge in [-0.25, -0.2) is 0 Å². The number of aliphatic hydroxyl groups is 3. The van der Waals surface area contributed by atoms with Gasteiger partial charge in [0.05, 0.1) is 25.9 Å². The summed E-state index contributed by atoms with van der Waals surface area (Å²) >= 11 is 6.45. The predicted octanol–water partition coefficient (Wildman–Crippen LogP) is 2.63. The zero-order valence-corrected chi connectivity index (χ0v) is 17.8. The Morgan fingerprint density at radius 2 is 1.90 bits per heavy atom. The first kappa shape index (κ1) is 21.6. The van der Waals surface area contributed by atoms with Crippen molar-refractivity contribution in [3.63, 3.8) is 0 Å². The molecule has 6 nitrogen and oxygen atoms in total. The van der Waals surface area contributed by atoms with Crippen molar-refractivity contribution in [2.75, 3.05) is 19.8 Å². The Labute approximate surface area is 181 Å². The lowest BCUT2D eigenvalue weighted by Gasteiger charge is -2.47. The van der Waals surface area contributed by atoms with E-state index in [1.807, 2.05) is 37.3 Å². The highest BCUT2D eigenvalue weighted by molar-refractivity contribution is 6.31. The molecule has 30 heavy (non-hydrogen) atoms. The van der Waals surface area contributed by atoms with E-state index in [1.54, 1.807) is 19.1 Å². The summed E-state index contributed by atoms with van der Waals surface area (Å²) < 4.78 is 17.6. The lowest BCUT2D eigenvalue weighted by atomic mass is 9.78. The molecule has 0 unspecified atom stereocenters. The van der Waals surface area contributed by atoms with Crippen LogP contribution < -0.4 is 4.74 Å². The first-order valence-electron chi connectivity index (χ1n) is 10.2. The van der Waals surface area contributed by atoms with Crippen LogP contribution in [0.2, 0.25) is 5.02 Å². The minimum Gasteiger partial charge on any atom is -0.494 e. The number of halogens is 1. The summed E-state index contributed by atoms with van der Waals surface area (Å²) in [7, 11) is 0. The van der Waals surface area contributed by atoms with Crippen molar-refractivity contribution in [2.45, 2.75) is 43.9 Å². The summed E-state index contributed by atoms with van der Waals surface area (Å²) in [4.78, 5) is 0. The van der Waals surface area contributed by atoms with Gasteiger partial charge in [-0.15, -0.1) is 0 Å². The van der Waals surface area contributed by atoms with Gasteiger partial charge in [0.15, 0.2) is 0 Å². The summed E-state index contributed by atoms with van der Waals surface area (Å²) in [6.45, 7) is 4.05. The molecule has 2 aliphatic rings. The Hall–Kier alpha value is -1.67. The van der Waals surface area contributed by atoms with E-state index < -0.39 is 29.5 Å². The number of hydrogen-bond acceptors (Lipinski definition) is 6. The smallest absolute Gasteiger partial charge is 0.225 e. The van der Waals surface area contributed by atoms with E-state index in [9.17, 15) is 15.3 Å². The minimum absolute atomic E-state index is 0.0790. The Balaban J connectivity index is 1.66. The van der Waals surface area contributed by atoms with Crippen LogP contribution in [-0.2, 0) is 21.7 Å². The average molecular weight is 435 g/mol. The molecule has 0 aliphatic carbocycles. The molecule has 2 aromatic rings. The molecule has 2 saturated heterocycles. The lowest BCUT2D eigenvalue weighted by Crippen LogP contribution is -2.61. The number of fused-ring (bicyclic) bond motifs is 2. The van der Waals surface area contributed by atoms with Crippen LogP contribution in [0.5, 0.6) is 5.75 Å². The zero-order valence-electron chi connectivity index (χ0n) is 17.0. The molecule has 7 heteroatoms. The van der Waals surface area contributed by atoms with Gasteiger partial charge < -0.3 is 29.5 Å². The molecule has 0 amide bonds. The van der Waals surface area contributed by atoms with Gasteiger partial charge >= 0.3 is 0 Å². The van der Waals surface area contributed by atoms with Gasteiger partial charge in [-0.2, -0.15) is 0 Å². The van der Waals surface area contributed by atoms with Crippen LogP contribution >= 0.6 is 11.6 Å². The fourth-order valence-electron chi connectivity index (χ4n) is 4.32. The van der Waals surface area contributed by atoms with Crippen molar-refractivity contribution in [3.8, 4) is 5.75 Å². The summed E-state index contributed by atoms with van der Waals surface area (Å²) in [5, 5.41) is 32.0. The quantitative estimate of drug-likeness (QED) is 0.647. The molecule has 2 bridgehead atoms. The average Bonchev–Trinajstić information content (AvgIpc) is 3.14. The van der Waals surface area contributed by atoms with Crippen LogP contribution in [0.3, 0.4) is 0 Å². The summed E-state index contributed by atoms with van der Waals surface area (Å²) in [6.07, 6.45) is -1.83. The number of aliphatic hydroxyl groups excluding tert-OH is 3. The number of benzene rings is 2. The molecule has 2 aromatic carbocycles. The highest BCUT2D eigenvalue weighted by Gasteiger charge is 2.65. The first-order chi connectivity index (χ1) is 14.3. The van der Waals surface area contributed by atoms with Crippen LogP contribution in [0, 0.1) is 5.92 Å². The molecular weight excluding hydrogens is 408 g/mol. The van der Waals surface area contributed by atoms with Gasteiger partial charge in [0, 0.05) is 16.5 Å². The Kier molecular flexibility index (Phi) is 5.83. The summed E-state index contributed by atoms with van der Waals surface area (Å²) in [5.74, 6) is -1.22. The highest BCUT2D eigenvalue weighted by atomic mass is 35.5. The fourth-order valence-corrected chi connectivity index (χ4v) is 4.51. The maximum atomic E-state index is 10.9. The second-order valence-electron chi connectivity index (χ2n) is 8.07. The van der Waals surface area contributed by atoms with Crippen LogP contribution in [0.1, 0.15) is 30.5 Å². The molecule has 2 aliphatic heterocycles. The van der Waals surface area contributed by atoms with Crippen LogP contribution in [0.15, 0.2) is 42.5 Å². The Bertz CT molecular complexity index is 903. The van der Waals surface area contributed by atoms with Crippen molar-refractivity contribution in [3.05, 3.63) is 64.2 Å². The van der Waals surface area contributed by atoms with E-state index in [4.69, 9.17) is 25.8 Å². The maximum absolute atomic E-state index is 10.9. The highest BCUT2D eigenvalue weighted by Crippen LogP contribution is 2.52. The van der Waals surface area contributed by atoms with Gasteiger partial charge in [0.1, 0.15) is 17.5 Å². The van der Waals surface area contributed by atoms with E-state index in [1.165, 1.54) is 0 Å². The van der Waals surface area contributed by atoms with Crippen LogP contribution in [-0.4, -0.2) is 52.9 Å². The molecule has 2 heterocycles. The normalized spacial score (nSPS) is 32.9. The predicted molar refractivity (Wildman–Crippen MR) is 112 cm³/mol. The third-order valence-electron chi connectivity index (χ3n) is 6.29. The van der Waals surface area contributed by atoms with Gasteiger partial charge in [-0.05, 0) is 48.7 Å². The zero-order chi connectivity index (χ0) is 21.5. The molecule has 0 radical (unpaired) electrons. The van der Waals surface area contributed by atoms with E-state index in [0.29, 0.717) is 23.6 Å². The van der Waals surface area contributed by atoms with E-state index in [-0.39, 0.29) is 13.2 Å². The van der Waals surface area contributed by atoms with Gasteiger partial charge in [0.2, 0.25) is 5.79 Å². The number of ether oxygens (including phenoxy) is 3. The van der Waals surface area contributed by atoms with Crippen LogP contribution in [0.4, 0.5) is 0 Å². The SMILES string of the molecule is CCOc1ccc(Cc2cc([C@]34OC[C@](CO)(O3)[C@@H](C)[C@H](O)[C@@H]4O)ccc2Cl)cc1. The largest absolute Gasteiger partial charge is 0.494 e. The molecule has 2 fully saturated rings. The Morgan fingerprint density at radius 1 is 1.17 bits per heavy atom. The maximum Gasteiger partial charge on any atom is 0.225 e. The third-order valence-corrected chi connectivity index (χ3v) is 6.65. The van der Waals surface area contributed by atoms with Crippen molar-refractivity contribution in [1.82, 2.24) is 0 Å². The first-order valence-corrected chi connectivity index (χ1v) is 10.5. The summed E-state index contributed by atoms with van der Waals surface area (Å²) in [6, 6.07) is 13.1.